The first-order chi connectivity index (χ1) is 50.0. The van der Waals surface area contributed by atoms with Crippen LogP contribution in [0.2, 0.25) is 0 Å². The van der Waals surface area contributed by atoms with E-state index in [1.807, 2.05) is 0 Å². The topological polar surface area (TPSA) is 673 Å². The maximum atomic E-state index is 14.9. The van der Waals surface area contributed by atoms with Crippen LogP contribution in [0, 0.1) is 11.8 Å². The lowest BCUT2D eigenvalue weighted by Crippen LogP contribution is -2.62. The summed E-state index contributed by atoms with van der Waals surface area (Å²) in [5.41, 5.74) is 17.5. The number of phenolic OH excluding ortho intramolecular Hbond substituents is 1. The van der Waals surface area contributed by atoms with Gasteiger partial charge in [0.25, 0.3) is 5.91 Å². The molecule has 21 N–H and O–H groups in total. The van der Waals surface area contributed by atoms with Crippen LogP contribution in [-0.4, -0.2) is 240 Å². The Morgan fingerprint density at radius 1 is 0.561 bits per heavy atom. The molecule has 0 spiro atoms. The second kappa shape index (κ2) is 43.2. The number of benzene rings is 2. The van der Waals surface area contributed by atoms with Crippen LogP contribution in [0.15, 0.2) is 54.6 Å². The number of aliphatic carboxylic acids is 5. The Morgan fingerprint density at radius 2 is 1.03 bits per heavy atom. The van der Waals surface area contributed by atoms with Crippen molar-refractivity contribution in [1.29, 1.82) is 0 Å². The number of aromatic hydroxyl groups is 1. The molecule has 41 nitrogen and oxygen atoms in total. The Labute approximate surface area is 611 Å². The fraction of sp³-hybridized carbons (Fsp3) is 0.538. The van der Waals surface area contributed by atoms with E-state index in [4.69, 9.17) is 17.2 Å². The largest absolute Gasteiger partial charge is 0.508 e. The van der Waals surface area contributed by atoms with Gasteiger partial charge in [0.15, 0.2) is 0 Å². The quantitative estimate of drug-likeness (QED) is 0.0277. The van der Waals surface area contributed by atoms with E-state index < -0.39 is 285 Å². The average molecular weight is 1530 g/mol. The highest BCUT2D eigenvalue weighted by Gasteiger charge is 2.46. The van der Waals surface area contributed by atoms with E-state index in [1.165, 1.54) is 69.3 Å². The molecular weight excluding hydrogens is 1440 g/mol. The number of nitrogens with two attached hydrogens (primary N) is 3. The zero-order valence-electron chi connectivity index (χ0n) is 58.7. The number of phenols is 1. The summed E-state index contributed by atoms with van der Waals surface area (Å²) in [7, 11) is -5.66. The lowest BCUT2D eigenvalue weighted by Gasteiger charge is -2.34. The fourth-order valence-corrected chi connectivity index (χ4v) is 11.2. The molecule has 107 heavy (non-hydrogen) atoms. The van der Waals surface area contributed by atoms with Crippen molar-refractivity contribution in [1.82, 2.24) is 52.3 Å². The zero-order chi connectivity index (χ0) is 80.7. The summed E-state index contributed by atoms with van der Waals surface area (Å²) in [5.74, 6) is -26.5. The minimum absolute atomic E-state index is 0.0494. The van der Waals surface area contributed by atoms with Gasteiger partial charge in [-0.05, 0) is 86.5 Å². The molecule has 1 aliphatic heterocycles. The summed E-state index contributed by atoms with van der Waals surface area (Å²) in [6, 6.07) is -8.00. The van der Waals surface area contributed by atoms with Gasteiger partial charge in [0.05, 0.1) is 31.5 Å². The number of carboxylic acids is 5. The number of nitrogens with one attached hydrogen (secondary N) is 8. The number of likely N-dealkylation sites (tertiary alicyclic amines) is 1. The molecule has 1 fully saturated rings. The number of hydrogen-bond donors (Lipinski definition) is 18. The molecule has 12 atom stereocenters. The van der Waals surface area contributed by atoms with Gasteiger partial charge < -0.3 is 99.5 Å². The van der Waals surface area contributed by atoms with Gasteiger partial charge in [0.1, 0.15) is 60.1 Å². The fourth-order valence-electron chi connectivity index (χ4n) is 10.9. The highest BCUT2D eigenvalue weighted by atomic mass is 32.3. The van der Waals surface area contributed by atoms with Gasteiger partial charge in [-0.15, -0.1) is 0 Å². The third kappa shape index (κ3) is 31.5. The van der Waals surface area contributed by atoms with Crippen molar-refractivity contribution in [3.8, 4) is 5.75 Å². The van der Waals surface area contributed by atoms with Gasteiger partial charge in [-0.2, -0.15) is 8.42 Å². The summed E-state index contributed by atoms with van der Waals surface area (Å²) < 4.78 is 37.5. The van der Waals surface area contributed by atoms with Crippen molar-refractivity contribution >= 4 is 117 Å². The van der Waals surface area contributed by atoms with E-state index >= 15 is 0 Å². The number of nitrogens with zero attached hydrogens (tertiary/aromatic N) is 2. The molecule has 0 bridgehead atoms. The molecule has 1 saturated heterocycles. The maximum absolute atomic E-state index is 14.9. The van der Waals surface area contributed by atoms with Crippen molar-refractivity contribution in [3.63, 3.8) is 0 Å². The molecule has 590 valence electrons. The van der Waals surface area contributed by atoms with Crippen molar-refractivity contribution in [3.05, 3.63) is 65.7 Å². The van der Waals surface area contributed by atoms with Gasteiger partial charge >= 0.3 is 46.2 Å². The average Bonchev–Trinajstić information content (AvgIpc) is 1.70. The second-order valence-corrected chi connectivity index (χ2v) is 26.5. The maximum Gasteiger partial charge on any atom is 0.449 e. The molecule has 12 unspecified atom stereocenters. The molecule has 1 aliphatic rings. The molecule has 12 amide bonds. The van der Waals surface area contributed by atoms with Gasteiger partial charge in [-0.25, -0.2) is 4.79 Å². The highest BCUT2D eigenvalue weighted by molar-refractivity contribution is 7.81. The number of amides is 12. The molecule has 0 saturated carbocycles. The zero-order valence-corrected chi connectivity index (χ0v) is 59.5. The molecule has 42 heteroatoms. The van der Waals surface area contributed by atoms with Crippen molar-refractivity contribution in [2.45, 2.75) is 197 Å². The smallest absolute Gasteiger partial charge is 0.449 e. The predicted molar refractivity (Wildman–Crippen MR) is 365 cm³/mol. The van der Waals surface area contributed by atoms with Gasteiger partial charge in [-0.1, -0.05) is 76.6 Å². The van der Waals surface area contributed by atoms with Crippen LogP contribution in [0.1, 0.15) is 129 Å². The summed E-state index contributed by atoms with van der Waals surface area (Å²) in [5, 5.41) is 76.6. The molecule has 2 aromatic carbocycles. The third-order valence-electron chi connectivity index (χ3n) is 16.5. The van der Waals surface area contributed by atoms with Crippen LogP contribution >= 0.6 is 0 Å². The number of primary amides is 1. The van der Waals surface area contributed by atoms with E-state index in [-0.39, 0.29) is 42.0 Å². The summed E-state index contributed by atoms with van der Waals surface area (Å²) >= 11 is 0. The lowest BCUT2D eigenvalue weighted by atomic mass is 9.96. The Kier molecular flexibility index (Phi) is 36.3. The van der Waals surface area contributed by atoms with Crippen LogP contribution in [0.25, 0.3) is 0 Å². The van der Waals surface area contributed by atoms with Crippen LogP contribution in [0.4, 0.5) is 0 Å². The SMILES string of the molecule is CCC(C)C(NC(=O)C(CCC(=O)O)NC(=O)C(CCC(=O)O)NC(=O)C(Cc1ccccc1)NC(=O)C(CC(=O)O)NC(=O)CNC(=O)C(N)CC(N)=O)C(=O)N1CCCC1C(=O)NC(CCC(=O)O)C(=O)NC(CCC(=O)O)C(=O)N(C(=O)C(N)Cc1ccc(O)cc1)C(CC(C)C)C(=O)OS(=O)(=O)O. The summed E-state index contributed by atoms with van der Waals surface area (Å²) in [4.78, 5) is 242. The van der Waals surface area contributed by atoms with E-state index in [1.54, 1.807) is 13.0 Å². The lowest BCUT2D eigenvalue weighted by molar-refractivity contribution is -0.159. The minimum atomic E-state index is -5.66. The van der Waals surface area contributed by atoms with Crippen molar-refractivity contribution in [2.75, 3.05) is 13.1 Å². The standard InChI is InChI=1S/C65H91N13O28S/c1-5-33(4)54(76-58(95)41(19-23-51(86)87)71-56(93)39(17-21-49(82)83)72-59(96)43(28-34-10-7-6-8-11-34)75-60(97)44(30-53(90)91)70-48(81)31-69-55(92)37(66)29-47(68)80)64(101)77-25-9-12-45(77)61(98)73-40(18-22-50(84)85)57(94)74-42(20-24-52(88)89)63(100)78(46(26-32(2)3)65(102)106-107(103,104)105)62(99)38(67)27-35-13-15-36(79)16-14-35/h6-8,10-11,13-16,32-33,37-46,54,79H,5,9,12,17-31,66-67H2,1-4H3,(H2,68,80)(H,69,92)(H,70,81)(H,71,93)(H,72,96)(H,73,98)(H,74,94)(H,75,97)(H,76,95)(H,82,83)(H,84,85)(H,86,87)(H,88,89)(H,90,91)(H,103,104,105). The van der Waals surface area contributed by atoms with Crippen molar-refractivity contribution in [2.24, 2.45) is 29.0 Å². The third-order valence-corrected chi connectivity index (χ3v) is 16.9. The molecule has 2 aromatic rings. The van der Waals surface area contributed by atoms with E-state index in [2.05, 4.69) is 46.7 Å². The monoisotopic (exact) mass is 1530 g/mol. The number of carboxylic acid groups (broad SMARTS) is 5. The highest BCUT2D eigenvalue weighted by Crippen LogP contribution is 2.24. The molecule has 0 aliphatic carbocycles. The number of carbonyl (C=O) groups is 18. The van der Waals surface area contributed by atoms with Gasteiger partial charge in [0, 0.05) is 38.6 Å². The normalized spacial score (nSPS) is 15.7. The van der Waals surface area contributed by atoms with Gasteiger partial charge in [0.2, 0.25) is 65.0 Å². The van der Waals surface area contributed by atoms with Crippen LogP contribution in [0.5, 0.6) is 5.75 Å². The first kappa shape index (κ1) is 89.9. The number of hydrogen-bond acceptors (Lipinski definition) is 24. The van der Waals surface area contributed by atoms with E-state index in [9.17, 15) is 130 Å². The van der Waals surface area contributed by atoms with E-state index in [0.717, 1.165) is 4.90 Å². The Balaban J connectivity index is 2.03. The summed E-state index contributed by atoms with van der Waals surface area (Å²) in [6.07, 6.45) is -10.1. The van der Waals surface area contributed by atoms with Crippen LogP contribution < -0.4 is 59.7 Å². The first-order valence-corrected chi connectivity index (χ1v) is 34.9. The number of imide groups is 1. The Hall–Kier alpha value is -11.3. The van der Waals surface area contributed by atoms with Crippen LogP contribution in [-0.2, 0) is 114 Å². The first-order valence-electron chi connectivity index (χ1n) is 33.5. The number of carbonyl (C=O) groups excluding carboxylic acids is 13. The molecule has 0 radical (unpaired) electrons. The molecule has 3 rings (SSSR count). The number of rotatable bonds is 46. The molecule has 1 heterocycles. The van der Waals surface area contributed by atoms with Gasteiger partial charge in [-0.3, -0.25) is 91.0 Å². The molecular formula is C65H91N13O28S. The van der Waals surface area contributed by atoms with Crippen LogP contribution in [0.3, 0.4) is 0 Å². The Bertz CT molecular complexity index is 3700. The van der Waals surface area contributed by atoms with E-state index in [0.29, 0.717) is 5.56 Å². The summed E-state index contributed by atoms with van der Waals surface area (Å²) in [6.45, 7) is 4.80. The second-order valence-electron chi connectivity index (χ2n) is 25.5. The molecule has 0 aromatic heterocycles. The van der Waals surface area contributed by atoms with Crippen molar-refractivity contribution < 1.29 is 134 Å². The Morgan fingerprint density at radius 3 is 1.51 bits per heavy atom. The predicted octanol–water partition coefficient (Wildman–Crippen LogP) is -4.70. The minimum Gasteiger partial charge on any atom is -0.508 e.